The van der Waals surface area contributed by atoms with Crippen LogP contribution in [0, 0.1) is 13.8 Å². The highest BCUT2D eigenvalue weighted by molar-refractivity contribution is 6.33. The highest BCUT2D eigenvalue weighted by atomic mass is 35.5. The number of nitrogens with zero attached hydrogens (tertiary/aromatic N) is 1. The van der Waals surface area contributed by atoms with Crippen LogP contribution in [-0.2, 0) is 6.54 Å². The van der Waals surface area contributed by atoms with Gasteiger partial charge in [0.05, 0.1) is 10.7 Å². The van der Waals surface area contributed by atoms with Crippen LogP contribution in [0.25, 0.3) is 0 Å². The second kappa shape index (κ2) is 6.97. The predicted molar refractivity (Wildman–Crippen MR) is 92.8 cm³/mol. The van der Waals surface area contributed by atoms with Gasteiger partial charge in [0, 0.05) is 19.3 Å². The topological polar surface area (TPSA) is 15.3 Å². The van der Waals surface area contributed by atoms with E-state index < -0.39 is 0 Å². The Balaban J connectivity index is 2.28. The van der Waals surface area contributed by atoms with E-state index in [-0.39, 0.29) is 0 Å². The van der Waals surface area contributed by atoms with Crippen LogP contribution in [0.3, 0.4) is 0 Å². The predicted octanol–water partition coefficient (Wildman–Crippen LogP) is 4.83. The first-order chi connectivity index (χ1) is 10.0. The SMILES string of the molecule is CCNCc1ccc(N(C)c2cc(C)cc(C)c2)c(Cl)c1. The third-order valence-electron chi connectivity index (χ3n) is 3.55. The van der Waals surface area contributed by atoms with Gasteiger partial charge in [0.2, 0.25) is 0 Å². The van der Waals surface area contributed by atoms with E-state index in [9.17, 15) is 0 Å². The molecule has 21 heavy (non-hydrogen) atoms. The van der Waals surface area contributed by atoms with Crippen molar-refractivity contribution in [2.45, 2.75) is 27.3 Å². The van der Waals surface area contributed by atoms with Crippen molar-refractivity contribution in [3.8, 4) is 0 Å². The fourth-order valence-electron chi connectivity index (χ4n) is 2.49. The van der Waals surface area contributed by atoms with Gasteiger partial charge in [-0.05, 0) is 61.3 Å². The van der Waals surface area contributed by atoms with E-state index in [2.05, 4.69) is 68.4 Å². The third-order valence-corrected chi connectivity index (χ3v) is 3.85. The maximum Gasteiger partial charge on any atom is 0.0646 e. The molecule has 0 fully saturated rings. The minimum atomic E-state index is 0.784. The number of hydrogen-bond acceptors (Lipinski definition) is 2. The summed E-state index contributed by atoms with van der Waals surface area (Å²) in [6, 6.07) is 12.8. The van der Waals surface area contributed by atoms with Crippen LogP contribution in [0.4, 0.5) is 11.4 Å². The van der Waals surface area contributed by atoms with Crippen LogP contribution >= 0.6 is 11.6 Å². The fourth-order valence-corrected chi connectivity index (χ4v) is 2.82. The van der Waals surface area contributed by atoms with Crippen LogP contribution in [0.1, 0.15) is 23.6 Å². The molecular weight excluding hydrogens is 280 g/mol. The molecule has 0 aromatic heterocycles. The van der Waals surface area contributed by atoms with Crippen molar-refractivity contribution < 1.29 is 0 Å². The molecule has 0 aliphatic heterocycles. The zero-order valence-corrected chi connectivity index (χ0v) is 14.0. The molecule has 0 atom stereocenters. The molecule has 0 aliphatic carbocycles. The lowest BCUT2D eigenvalue weighted by atomic mass is 10.1. The van der Waals surface area contributed by atoms with Gasteiger partial charge in [0.1, 0.15) is 0 Å². The van der Waals surface area contributed by atoms with Gasteiger partial charge < -0.3 is 10.2 Å². The maximum atomic E-state index is 6.46. The number of halogens is 1. The van der Waals surface area contributed by atoms with Gasteiger partial charge in [-0.1, -0.05) is 30.7 Å². The maximum absolute atomic E-state index is 6.46. The second-order valence-electron chi connectivity index (χ2n) is 5.47. The first-order valence-corrected chi connectivity index (χ1v) is 7.70. The summed E-state index contributed by atoms with van der Waals surface area (Å²) in [5, 5.41) is 4.10. The molecule has 1 N–H and O–H groups in total. The zero-order chi connectivity index (χ0) is 15.4. The van der Waals surface area contributed by atoms with E-state index in [0.717, 1.165) is 29.5 Å². The summed E-state index contributed by atoms with van der Waals surface area (Å²) in [7, 11) is 2.05. The lowest BCUT2D eigenvalue weighted by Crippen LogP contribution is -2.13. The third kappa shape index (κ3) is 3.99. The van der Waals surface area contributed by atoms with Crippen molar-refractivity contribution >= 4 is 23.0 Å². The quantitative estimate of drug-likeness (QED) is 0.850. The van der Waals surface area contributed by atoms with E-state index in [1.165, 1.54) is 16.7 Å². The summed E-state index contributed by atoms with van der Waals surface area (Å²) < 4.78 is 0. The fraction of sp³-hybridized carbons (Fsp3) is 0.333. The van der Waals surface area contributed by atoms with Crippen LogP contribution in [0.2, 0.25) is 5.02 Å². The zero-order valence-electron chi connectivity index (χ0n) is 13.2. The Labute approximate surface area is 132 Å². The number of anilines is 2. The largest absolute Gasteiger partial charge is 0.343 e. The van der Waals surface area contributed by atoms with Crippen LogP contribution in [-0.4, -0.2) is 13.6 Å². The van der Waals surface area contributed by atoms with E-state index in [0.29, 0.717) is 0 Å². The first kappa shape index (κ1) is 15.9. The van der Waals surface area contributed by atoms with Crippen molar-refractivity contribution in [3.05, 3.63) is 58.1 Å². The molecule has 2 rings (SSSR count). The number of nitrogens with one attached hydrogen (secondary N) is 1. The highest BCUT2D eigenvalue weighted by Gasteiger charge is 2.09. The summed E-state index contributed by atoms with van der Waals surface area (Å²) in [5.41, 5.74) is 5.92. The smallest absolute Gasteiger partial charge is 0.0646 e. The van der Waals surface area contributed by atoms with Crippen molar-refractivity contribution in [1.29, 1.82) is 0 Å². The van der Waals surface area contributed by atoms with Gasteiger partial charge in [-0.3, -0.25) is 0 Å². The molecule has 0 saturated carbocycles. The van der Waals surface area contributed by atoms with Gasteiger partial charge in [0.25, 0.3) is 0 Å². The summed E-state index contributed by atoms with van der Waals surface area (Å²) in [4.78, 5) is 2.14. The molecule has 3 heteroatoms. The lowest BCUT2D eigenvalue weighted by molar-refractivity contribution is 0.727. The number of rotatable bonds is 5. The Morgan fingerprint density at radius 3 is 2.29 bits per heavy atom. The Hall–Kier alpha value is -1.51. The van der Waals surface area contributed by atoms with E-state index in [1.807, 2.05) is 6.07 Å². The van der Waals surface area contributed by atoms with Gasteiger partial charge in [-0.2, -0.15) is 0 Å². The molecular formula is C18H23ClN2. The minimum absolute atomic E-state index is 0.784. The number of benzene rings is 2. The summed E-state index contributed by atoms with van der Waals surface area (Å²) >= 11 is 6.46. The molecule has 2 aromatic rings. The summed E-state index contributed by atoms with van der Waals surface area (Å²) in [5.74, 6) is 0. The molecule has 0 spiro atoms. The second-order valence-corrected chi connectivity index (χ2v) is 5.88. The van der Waals surface area contributed by atoms with Crippen LogP contribution in [0.15, 0.2) is 36.4 Å². The Kier molecular flexibility index (Phi) is 5.27. The monoisotopic (exact) mass is 302 g/mol. The Morgan fingerprint density at radius 2 is 1.71 bits per heavy atom. The average Bonchev–Trinajstić information content (AvgIpc) is 2.43. The van der Waals surface area contributed by atoms with Gasteiger partial charge in [-0.25, -0.2) is 0 Å². The molecule has 0 radical (unpaired) electrons. The molecule has 0 bridgehead atoms. The normalized spacial score (nSPS) is 10.7. The van der Waals surface area contributed by atoms with Crippen LogP contribution in [0.5, 0.6) is 0 Å². The van der Waals surface area contributed by atoms with Crippen molar-refractivity contribution in [2.75, 3.05) is 18.5 Å². The summed E-state index contributed by atoms with van der Waals surface area (Å²) in [6.07, 6.45) is 0. The summed E-state index contributed by atoms with van der Waals surface area (Å²) in [6.45, 7) is 8.15. The minimum Gasteiger partial charge on any atom is -0.343 e. The molecule has 112 valence electrons. The first-order valence-electron chi connectivity index (χ1n) is 7.32. The molecule has 0 saturated heterocycles. The Bertz CT molecular complexity index is 602. The molecule has 0 amide bonds. The lowest BCUT2D eigenvalue weighted by Gasteiger charge is -2.22. The molecule has 2 aromatic carbocycles. The van der Waals surface area contributed by atoms with Gasteiger partial charge >= 0.3 is 0 Å². The van der Waals surface area contributed by atoms with Crippen LogP contribution < -0.4 is 10.2 Å². The molecule has 0 unspecified atom stereocenters. The molecule has 2 nitrogen and oxygen atoms in total. The van der Waals surface area contributed by atoms with Gasteiger partial charge in [0.15, 0.2) is 0 Å². The van der Waals surface area contributed by atoms with Crippen molar-refractivity contribution in [1.82, 2.24) is 5.32 Å². The standard InChI is InChI=1S/C18H23ClN2/c1-5-20-12-15-6-7-18(17(19)11-15)21(4)16-9-13(2)8-14(3)10-16/h6-11,20H,5,12H2,1-4H3. The molecule has 0 aliphatic rings. The molecule has 0 heterocycles. The highest BCUT2D eigenvalue weighted by Crippen LogP contribution is 2.32. The van der Waals surface area contributed by atoms with E-state index in [1.54, 1.807) is 0 Å². The van der Waals surface area contributed by atoms with E-state index in [4.69, 9.17) is 11.6 Å². The van der Waals surface area contributed by atoms with Crippen molar-refractivity contribution in [2.24, 2.45) is 0 Å². The number of hydrogen-bond donors (Lipinski definition) is 1. The Morgan fingerprint density at radius 1 is 1.05 bits per heavy atom. The average molecular weight is 303 g/mol. The van der Waals surface area contributed by atoms with Gasteiger partial charge in [-0.15, -0.1) is 0 Å². The van der Waals surface area contributed by atoms with Crippen molar-refractivity contribution in [3.63, 3.8) is 0 Å². The van der Waals surface area contributed by atoms with E-state index >= 15 is 0 Å². The number of aryl methyl sites for hydroxylation is 2.